The van der Waals surface area contributed by atoms with Gasteiger partial charge in [-0.05, 0) is 61.5 Å². The van der Waals surface area contributed by atoms with E-state index in [1.54, 1.807) is 7.11 Å². The van der Waals surface area contributed by atoms with Gasteiger partial charge in [-0.1, -0.05) is 51.5 Å². The number of ether oxygens (including phenoxy) is 1. The van der Waals surface area contributed by atoms with Gasteiger partial charge < -0.3 is 10.1 Å². The molecule has 0 fully saturated rings. The molecule has 162 valence electrons. The lowest BCUT2D eigenvalue weighted by atomic mass is 10.2. The van der Waals surface area contributed by atoms with Crippen LogP contribution in [0.5, 0.6) is 5.75 Å². The van der Waals surface area contributed by atoms with Crippen molar-refractivity contribution in [3.63, 3.8) is 0 Å². The Bertz CT molecular complexity index is 1220. The third-order valence-corrected chi connectivity index (χ3v) is 6.14. The molecular formula is C24H21BrN4O2S. The number of methoxy groups -OCH3 is 1. The molecule has 0 aliphatic heterocycles. The molecule has 0 saturated carbocycles. The molecule has 6 nitrogen and oxygen atoms in total. The number of aromatic nitrogens is 3. The van der Waals surface area contributed by atoms with Crippen LogP contribution < -0.4 is 10.1 Å². The molecule has 4 aromatic rings. The number of hydrogen-bond donors (Lipinski definition) is 1. The normalized spacial score (nSPS) is 10.7. The lowest BCUT2D eigenvalue weighted by Crippen LogP contribution is -2.14. The van der Waals surface area contributed by atoms with E-state index in [2.05, 4.69) is 31.4 Å². The van der Waals surface area contributed by atoms with Crippen LogP contribution in [0.15, 0.2) is 82.4 Å². The highest BCUT2D eigenvalue weighted by Gasteiger charge is 2.17. The summed E-state index contributed by atoms with van der Waals surface area (Å²) >= 11 is 4.76. The molecule has 32 heavy (non-hydrogen) atoms. The molecule has 1 aromatic heterocycles. The second-order valence-electron chi connectivity index (χ2n) is 7.05. The molecule has 0 aliphatic carbocycles. The zero-order valence-electron chi connectivity index (χ0n) is 17.6. The van der Waals surface area contributed by atoms with E-state index in [-0.39, 0.29) is 11.7 Å². The Morgan fingerprint density at radius 1 is 1.06 bits per heavy atom. The van der Waals surface area contributed by atoms with Gasteiger partial charge in [-0.3, -0.25) is 9.36 Å². The zero-order valence-corrected chi connectivity index (χ0v) is 20.0. The zero-order chi connectivity index (χ0) is 22.5. The second kappa shape index (κ2) is 10.0. The van der Waals surface area contributed by atoms with Crippen LogP contribution >= 0.6 is 27.7 Å². The molecule has 0 bridgehead atoms. The van der Waals surface area contributed by atoms with Gasteiger partial charge in [-0.2, -0.15) is 0 Å². The predicted octanol–water partition coefficient (Wildman–Crippen LogP) is 5.74. The first-order chi connectivity index (χ1) is 15.5. The van der Waals surface area contributed by atoms with Gasteiger partial charge in [0.25, 0.3) is 0 Å². The van der Waals surface area contributed by atoms with Crippen molar-refractivity contribution in [2.45, 2.75) is 12.1 Å². The fraction of sp³-hybridized carbons (Fsp3) is 0.125. The van der Waals surface area contributed by atoms with E-state index >= 15 is 0 Å². The summed E-state index contributed by atoms with van der Waals surface area (Å²) in [5.74, 6) is 1.57. The molecular weight excluding hydrogens is 488 g/mol. The Morgan fingerprint density at radius 2 is 1.81 bits per heavy atom. The quantitative estimate of drug-likeness (QED) is 0.322. The number of hydrogen-bond acceptors (Lipinski definition) is 5. The summed E-state index contributed by atoms with van der Waals surface area (Å²) in [4.78, 5) is 12.5. The van der Waals surface area contributed by atoms with Gasteiger partial charge in [0.15, 0.2) is 11.0 Å². The molecule has 0 atom stereocenters. The number of anilines is 1. The average Bonchev–Trinajstić information content (AvgIpc) is 3.22. The third-order valence-electron chi connectivity index (χ3n) is 4.71. The summed E-state index contributed by atoms with van der Waals surface area (Å²) in [5, 5.41) is 12.4. The monoisotopic (exact) mass is 508 g/mol. The molecule has 8 heteroatoms. The van der Waals surface area contributed by atoms with Gasteiger partial charge in [0.05, 0.1) is 12.9 Å². The van der Waals surface area contributed by atoms with Crippen molar-refractivity contribution >= 4 is 39.3 Å². The summed E-state index contributed by atoms with van der Waals surface area (Å²) in [5.41, 5.74) is 3.74. The predicted molar refractivity (Wildman–Crippen MR) is 132 cm³/mol. The highest BCUT2D eigenvalue weighted by Crippen LogP contribution is 2.29. The number of nitrogens with one attached hydrogen (secondary N) is 1. The largest absolute Gasteiger partial charge is 0.497 e. The Labute approximate surface area is 199 Å². The Hall–Kier alpha value is -3.10. The smallest absolute Gasteiger partial charge is 0.234 e. The van der Waals surface area contributed by atoms with Crippen LogP contribution in [0.1, 0.15) is 5.56 Å². The maximum atomic E-state index is 12.5. The fourth-order valence-electron chi connectivity index (χ4n) is 3.11. The van der Waals surface area contributed by atoms with Crippen LogP contribution in [0.4, 0.5) is 5.69 Å². The lowest BCUT2D eigenvalue weighted by molar-refractivity contribution is -0.113. The van der Waals surface area contributed by atoms with Gasteiger partial charge in [-0.25, -0.2) is 0 Å². The number of nitrogens with zero attached hydrogens (tertiary/aromatic N) is 3. The van der Waals surface area contributed by atoms with E-state index in [9.17, 15) is 4.79 Å². The summed E-state index contributed by atoms with van der Waals surface area (Å²) in [6, 6.07) is 23.3. The molecule has 0 radical (unpaired) electrons. The number of carbonyl (C=O) groups is 1. The molecule has 0 saturated heterocycles. The van der Waals surface area contributed by atoms with Gasteiger partial charge in [0.1, 0.15) is 5.75 Å². The first-order valence-corrected chi connectivity index (χ1v) is 11.7. The van der Waals surface area contributed by atoms with Crippen molar-refractivity contribution in [3.05, 3.63) is 82.8 Å². The number of aryl methyl sites for hydroxylation is 1. The van der Waals surface area contributed by atoms with E-state index in [4.69, 9.17) is 4.74 Å². The maximum Gasteiger partial charge on any atom is 0.234 e. The Balaban J connectivity index is 1.60. The average molecular weight is 509 g/mol. The van der Waals surface area contributed by atoms with Gasteiger partial charge in [0, 0.05) is 21.4 Å². The Morgan fingerprint density at radius 3 is 2.50 bits per heavy atom. The summed E-state index contributed by atoms with van der Waals surface area (Å²) in [7, 11) is 1.64. The topological polar surface area (TPSA) is 69.0 Å². The summed E-state index contributed by atoms with van der Waals surface area (Å²) in [6.45, 7) is 2.04. The van der Waals surface area contributed by atoms with Crippen LogP contribution in [0, 0.1) is 6.92 Å². The fourth-order valence-corrected chi connectivity index (χ4v) is 4.26. The van der Waals surface area contributed by atoms with Crippen molar-refractivity contribution in [2.24, 2.45) is 0 Å². The summed E-state index contributed by atoms with van der Waals surface area (Å²) < 4.78 is 8.14. The third kappa shape index (κ3) is 5.20. The molecule has 3 aromatic carbocycles. The number of carbonyl (C=O) groups excluding carboxylic acids is 1. The maximum absolute atomic E-state index is 12.5. The molecule has 0 spiro atoms. The molecule has 1 heterocycles. The van der Waals surface area contributed by atoms with Crippen molar-refractivity contribution in [1.82, 2.24) is 14.8 Å². The number of benzene rings is 3. The molecule has 0 aliphatic rings. The molecule has 0 unspecified atom stereocenters. The number of rotatable bonds is 7. The van der Waals surface area contributed by atoms with Crippen molar-refractivity contribution in [2.75, 3.05) is 18.2 Å². The highest BCUT2D eigenvalue weighted by molar-refractivity contribution is 9.10. The van der Waals surface area contributed by atoms with Crippen LogP contribution in [-0.2, 0) is 4.79 Å². The van der Waals surface area contributed by atoms with E-state index in [1.165, 1.54) is 11.8 Å². The standard InChI is InChI=1S/C24H21BrN4O2S/c1-16-6-10-20(11-7-16)29-23(17-8-12-21(31-2)13-9-17)27-28-24(29)32-15-22(30)26-19-5-3-4-18(25)14-19/h3-14H,15H2,1-2H3,(H,26,30). The minimum atomic E-state index is -0.113. The van der Waals surface area contributed by atoms with Gasteiger partial charge in [-0.15, -0.1) is 10.2 Å². The SMILES string of the molecule is COc1ccc(-c2nnc(SCC(=O)Nc3cccc(Br)c3)n2-c2ccc(C)cc2)cc1. The minimum absolute atomic E-state index is 0.113. The van der Waals surface area contributed by atoms with Gasteiger partial charge >= 0.3 is 0 Å². The van der Waals surface area contributed by atoms with Crippen molar-refractivity contribution < 1.29 is 9.53 Å². The minimum Gasteiger partial charge on any atom is -0.497 e. The highest BCUT2D eigenvalue weighted by atomic mass is 79.9. The lowest BCUT2D eigenvalue weighted by Gasteiger charge is -2.11. The van der Waals surface area contributed by atoms with Crippen LogP contribution in [0.2, 0.25) is 0 Å². The molecule has 4 rings (SSSR count). The number of halogens is 1. The van der Waals surface area contributed by atoms with E-state index < -0.39 is 0 Å². The molecule has 1 N–H and O–H groups in total. The number of thioether (sulfide) groups is 1. The first-order valence-electron chi connectivity index (χ1n) is 9.88. The Kier molecular flexibility index (Phi) is 6.92. The van der Waals surface area contributed by atoms with E-state index in [0.717, 1.165) is 32.7 Å². The van der Waals surface area contributed by atoms with Crippen LogP contribution in [0.25, 0.3) is 17.1 Å². The first kappa shape index (κ1) is 22.1. The van der Waals surface area contributed by atoms with Crippen LogP contribution in [0.3, 0.4) is 0 Å². The molecule has 1 amide bonds. The summed E-state index contributed by atoms with van der Waals surface area (Å²) in [6.07, 6.45) is 0. The van der Waals surface area contributed by atoms with E-state index in [1.807, 2.05) is 84.3 Å². The van der Waals surface area contributed by atoms with E-state index in [0.29, 0.717) is 11.0 Å². The van der Waals surface area contributed by atoms with Crippen molar-refractivity contribution in [3.8, 4) is 22.8 Å². The van der Waals surface area contributed by atoms with Gasteiger partial charge in [0.2, 0.25) is 5.91 Å². The number of amides is 1. The van der Waals surface area contributed by atoms with Crippen LogP contribution in [-0.4, -0.2) is 33.5 Å². The second-order valence-corrected chi connectivity index (χ2v) is 8.91. The van der Waals surface area contributed by atoms with Crippen molar-refractivity contribution in [1.29, 1.82) is 0 Å².